The van der Waals surface area contributed by atoms with Crippen molar-refractivity contribution in [2.75, 3.05) is 4.90 Å². The molecule has 0 aliphatic rings. The lowest BCUT2D eigenvalue weighted by Gasteiger charge is -2.26. The van der Waals surface area contributed by atoms with Crippen molar-refractivity contribution >= 4 is 56.3 Å². The van der Waals surface area contributed by atoms with Gasteiger partial charge in [0, 0.05) is 34.1 Å². The summed E-state index contributed by atoms with van der Waals surface area (Å²) in [4.78, 5) is 31.7. The van der Waals surface area contributed by atoms with Crippen molar-refractivity contribution in [2.24, 2.45) is 4.99 Å². The SMILES string of the molecule is Cc1ccc(N(c2ccc(C)cc2)c2ccc(-c3ccc(/N=c4\c(=O)c(=O)c5c(F)cc(F)cc45)c4nsnc34)cc2)cc1. The molecule has 44 heavy (non-hydrogen) atoms. The minimum Gasteiger partial charge on any atom is -0.311 e. The second kappa shape index (κ2) is 10.7. The van der Waals surface area contributed by atoms with E-state index in [1.54, 1.807) is 6.07 Å². The van der Waals surface area contributed by atoms with Crippen LogP contribution in [0.1, 0.15) is 11.1 Å². The fraction of sp³-hybridized carbons (Fsp3) is 0.0571. The monoisotopic (exact) mass is 600 g/mol. The molecule has 0 spiro atoms. The largest absolute Gasteiger partial charge is 0.311 e. The van der Waals surface area contributed by atoms with Gasteiger partial charge in [-0.05, 0) is 74.0 Å². The van der Waals surface area contributed by atoms with E-state index in [4.69, 9.17) is 0 Å². The van der Waals surface area contributed by atoms with E-state index in [-0.39, 0.29) is 16.4 Å². The minimum atomic E-state index is -1.09. The molecule has 0 atom stereocenters. The highest BCUT2D eigenvalue weighted by Crippen LogP contribution is 2.38. The Morgan fingerprint density at radius 2 is 1.25 bits per heavy atom. The van der Waals surface area contributed by atoms with Gasteiger partial charge in [0.1, 0.15) is 28.0 Å². The first-order chi connectivity index (χ1) is 21.3. The third-order valence-electron chi connectivity index (χ3n) is 7.61. The van der Waals surface area contributed by atoms with Crippen molar-refractivity contribution < 1.29 is 8.78 Å². The summed E-state index contributed by atoms with van der Waals surface area (Å²) in [7, 11) is 0. The Hall–Kier alpha value is -5.41. The van der Waals surface area contributed by atoms with Crippen LogP contribution >= 0.6 is 11.7 Å². The predicted molar refractivity (Wildman–Crippen MR) is 171 cm³/mol. The van der Waals surface area contributed by atoms with Crippen molar-refractivity contribution in [3.05, 3.63) is 146 Å². The number of fused-ring (bicyclic) bond motifs is 2. The van der Waals surface area contributed by atoms with Crippen molar-refractivity contribution in [2.45, 2.75) is 13.8 Å². The molecule has 214 valence electrons. The van der Waals surface area contributed by atoms with E-state index in [1.807, 2.05) is 30.3 Å². The molecule has 7 aromatic rings. The molecular formula is C35H22F2N4O2S. The summed E-state index contributed by atoms with van der Waals surface area (Å²) < 4.78 is 37.2. The van der Waals surface area contributed by atoms with Crippen LogP contribution in [0.3, 0.4) is 0 Å². The van der Waals surface area contributed by atoms with Crippen LogP contribution < -0.4 is 21.1 Å². The van der Waals surface area contributed by atoms with Crippen molar-refractivity contribution in [3.63, 3.8) is 0 Å². The number of halogens is 2. The van der Waals surface area contributed by atoms with Gasteiger partial charge in [0.25, 0.3) is 5.43 Å². The minimum absolute atomic E-state index is 0.166. The average molecular weight is 601 g/mol. The quantitative estimate of drug-likeness (QED) is 0.189. The zero-order chi connectivity index (χ0) is 30.5. The Morgan fingerprint density at radius 1 is 0.682 bits per heavy atom. The number of hydrogen-bond acceptors (Lipinski definition) is 7. The molecule has 0 aliphatic carbocycles. The van der Waals surface area contributed by atoms with Gasteiger partial charge in [-0.1, -0.05) is 47.5 Å². The molecule has 0 radical (unpaired) electrons. The molecule has 0 saturated carbocycles. The molecule has 1 aromatic heterocycles. The third kappa shape index (κ3) is 4.67. The maximum absolute atomic E-state index is 14.3. The highest BCUT2D eigenvalue weighted by atomic mass is 32.1. The number of aryl methyl sites for hydroxylation is 2. The Kier molecular flexibility index (Phi) is 6.67. The number of anilines is 3. The molecule has 0 aliphatic heterocycles. The molecule has 9 heteroatoms. The number of nitrogens with zero attached hydrogens (tertiary/aromatic N) is 4. The van der Waals surface area contributed by atoms with Gasteiger partial charge in [0.15, 0.2) is 0 Å². The average Bonchev–Trinajstić information content (AvgIpc) is 3.60. The summed E-state index contributed by atoms with van der Waals surface area (Å²) in [6, 6.07) is 29.8. The van der Waals surface area contributed by atoms with Crippen LogP contribution in [0, 0.1) is 25.5 Å². The normalized spacial score (nSPS) is 12.0. The second-order valence-corrected chi connectivity index (χ2v) is 11.1. The summed E-state index contributed by atoms with van der Waals surface area (Å²) in [5.41, 5.74) is 6.27. The van der Waals surface area contributed by atoms with E-state index in [2.05, 4.69) is 81.0 Å². The topological polar surface area (TPSA) is 75.5 Å². The first-order valence-electron chi connectivity index (χ1n) is 13.7. The van der Waals surface area contributed by atoms with Gasteiger partial charge >= 0.3 is 0 Å². The molecule has 0 saturated heterocycles. The summed E-state index contributed by atoms with van der Waals surface area (Å²) >= 11 is 0.981. The highest BCUT2D eigenvalue weighted by molar-refractivity contribution is 7.00. The van der Waals surface area contributed by atoms with Crippen LogP contribution in [0.25, 0.3) is 32.9 Å². The van der Waals surface area contributed by atoms with E-state index in [0.717, 1.165) is 46.0 Å². The molecule has 0 bridgehead atoms. The summed E-state index contributed by atoms with van der Waals surface area (Å²) in [6.45, 7) is 4.12. The zero-order valence-electron chi connectivity index (χ0n) is 23.5. The van der Waals surface area contributed by atoms with Gasteiger partial charge in [-0.3, -0.25) is 9.59 Å². The Bertz CT molecular complexity index is 2310. The molecule has 0 unspecified atom stereocenters. The van der Waals surface area contributed by atoms with Crippen LogP contribution in [-0.2, 0) is 0 Å². The van der Waals surface area contributed by atoms with Crippen molar-refractivity contribution in [1.29, 1.82) is 0 Å². The number of aromatic nitrogens is 2. The lowest BCUT2D eigenvalue weighted by atomic mass is 10.0. The Morgan fingerprint density at radius 3 is 1.86 bits per heavy atom. The first kappa shape index (κ1) is 27.4. The zero-order valence-corrected chi connectivity index (χ0v) is 24.3. The molecule has 1 heterocycles. The van der Waals surface area contributed by atoms with Gasteiger partial charge in [-0.25, -0.2) is 13.8 Å². The third-order valence-corrected chi connectivity index (χ3v) is 8.13. The standard InChI is InChI=1S/C35H22F2N4O2S/c1-19-3-9-23(10-4-19)41(24-11-5-20(2)6-12-24)25-13-7-21(8-14-25)26-15-16-29(33-31(26)39-44-40-33)38-32-27-17-22(36)18-28(37)30(27)34(42)35(32)43/h3-18H,1-2H3/b38-32-. The Labute approximate surface area is 253 Å². The number of rotatable bonds is 5. The maximum atomic E-state index is 14.3. The lowest BCUT2D eigenvalue weighted by Crippen LogP contribution is -2.30. The summed E-state index contributed by atoms with van der Waals surface area (Å²) in [5, 5.41) is -0.952. The fourth-order valence-electron chi connectivity index (χ4n) is 5.37. The number of hydrogen-bond donors (Lipinski definition) is 0. The van der Waals surface area contributed by atoms with Gasteiger partial charge in [-0.2, -0.15) is 8.75 Å². The van der Waals surface area contributed by atoms with Crippen LogP contribution in [0.2, 0.25) is 0 Å². The number of benzene rings is 5. The van der Waals surface area contributed by atoms with Gasteiger partial charge in [-0.15, -0.1) is 0 Å². The van der Waals surface area contributed by atoms with E-state index in [0.29, 0.717) is 17.1 Å². The predicted octanol–water partition coefficient (Wildman–Crippen LogP) is 7.70. The molecule has 0 N–H and O–H groups in total. The van der Waals surface area contributed by atoms with Crippen LogP contribution in [0.15, 0.2) is 112 Å². The van der Waals surface area contributed by atoms with E-state index in [9.17, 15) is 18.4 Å². The van der Waals surface area contributed by atoms with Gasteiger partial charge in [0.2, 0.25) is 5.43 Å². The summed E-state index contributed by atoms with van der Waals surface area (Å²) in [6.07, 6.45) is 0. The first-order valence-corrected chi connectivity index (χ1v) is 14.5. The van der Waals surface area contributed by atoms with E-state index < -0.39 is 27.9 Å². The highest BCUT2D eigenvalue weighted by Gasteiger charge is 2.19. The van der Waals surface area contributed by atoms with E-state index in [1.165, 1.54) is 11.1 Å². The molecule has 6 aromatic carbocycles. The van der Waals surface area contributed by atoms with Crippen LogP contribution in [0.5, 0.6) is 0 Å². The molecular weight excluding hydrogens is 578 g/mol. The maximum Gasteiger partial charge on any atom is 0.252 e. The van der Waals surface area contributed by atoms with E-state index >= 15 is 0 Å². The molecule has 7 rings (SSSR count). The van der Waals surface area contributed by atoms with Gasteiger partial charge in [0.05, 0.1) is 22.8 Å². The molecule has 0 amide bonds. The molecule has 0 fully saturated rings. The smallest absolute Gasteiger partial charge is 0.252 e. The second-order valence-electron chi connectivity index (χ2n) is 10.6. The Balaban J connectivity index is 1.31. The summed E-state index contributed by atoms with van der Waals surface area (Å²) in [5.74, 6) is -2.00. The lowest BCUT2D eigenvalue weighted by molar-refractivity contribution is 0.592. The van der Waals surface area contributed by atoms with Crippen LogP contribution in [0.4, 0.5) is 31.5 Å². The van der Waals surface area contributed by atoms with Crippen molar-refractivity contribution in [1.82, 2.24) is 8.75 Å². The molecule has 6 nitrogen and oxygen atoms in total. The fourth-order valence-corrected chi connectivity index (χ4v) is 5.94. The van der Waals surface area contributed by atoms with Gasteiger partial charge < -0.3 is 4.90 Å². The van der Waals surface area contributed by atoms with Crippen molar-refractivity contribution in [3.8, 4) is 11.1 Å². The van der Waals surface area contributed by atoms with Crippen LogP contribution in [-0.4, -0.2) is 8.75 Å².